The molecule has 2 aromatic rings. The monoisotopic (exact) mass is 246 g/mol. The van der Waals surface area contributed by atoms with Crippen LogP contribution in [0.1, 0.15) is 15.9 Å². The van der Waals surface area contributed by atoms with E-state index in [0.717, 1.165) is 5.56 Å². The van der Waals surface area contributed by atoms with Gasteiger partial charge in [-0.05, 0) is 29.8 Å². The van der Waals surface area contributed by atoms with Crippen LogP contribution in [0, 0.1) is 5.82 Å². The number of ether oxygens (including phenoxy) is 1. The molecular formula is C14H11FO3. The third-order valence-electron chi connectivity index (χ3n) is 2.45. The van der Waals surface area contributed by atoms with Crippen LogP contribution < -0.4 is 4.74 Å². The van der Waals surface area contributed by atoms with Crippen molar-refractivity contribution >= 4 is 6.29 Å². The summed E-state index contributed by atoms with van der Waals surface area (Å²) in [5.74, 6) is 0.0239. The second-order valence-corrected chi connectivity index (χ2v) is 3.75. The van der Waals surface area contributed by atoms with Crippen molar-refractivity contribution in [1.82, 2.24) is 0 Å². The van der Waals surface area contributed by atoms with Crippen LogP contribution in [0.15, 0.2) is 42.5 Å². The molecule has 92 valence electrons. The van der Waals surface area contributed by atoms with Gasteiger partial charge in [-0.1, -0.05) is 12.1 Å². The summed E-state index contributed by atoms with van der Waals surface area (Å²) in [6.45, 7) is 0.264. The maximum Gasteiger partial charge on any atom is 0.153 e. The minimum absolute atomic E-state index is 0.124. The number of aromatic hydroxyl groups is 1. The standard InChI is InChI=1S/C14H11FO3/c15-12-4-1-10(2-5-12)9-18-13-6-3-11(8-16)14(17)7-13/h1-8,17H,9H2. The fraction of sp³-hybridized carbons (Fsp3) is 0.0714. The van der Waals surface area contributed by atoms with Crippen LogP contribution in [-0.2, 0) is 6.61 Å². The minimum Gasteiger partial charge on any atom is -0.507 e. The van der Waals surface area contributed by atoms with E-state index in [1.807, 2.05) is 0 Å². The quantitative estimate of drug-likeness (QED) is 0.844. The number of phenolic OH excluding ortho intramolecular Hbond substituents is 1. The molecule has 0 radical (unpaired) electrons. The number of rotatable bonds is 4. The summed E-state index contributed by atoms with van der Waals surface area (Å²) in [6, 6.07) is 10.4. The first kappa shape index (κ1) is 12.1. The van der Waals surface area contributed by atoms with Crippen LogP contribution in [0.3, 0.4) is 0 Å². The van der Waals surface area contributed by atoms with E-state index >= 15 is 0 Å². The predicted octanol–water partition coefficient (Wildman–Crippen LogP) is 2.92. The Labute approximate surface area is 103 Å². The van der Waals surface area contributed by atoms with Gasteiger partial charge in [-0.2, -0.15) is 0 Å². The van der Waals surface area contributed by atoms with Gasteiger partial charge in [-0.3, -0.25) is 4.79 Å². The van der Waals surface area contributed by atoms with Gasteiger partial charge in [0.05, 0.1) is 5.56 Å². The molecule has 0 aromatic heterocycles. The van der Waals surface area contributed by atoms with E-state index in [0.29, 0.717) is 12.0 Å². The van der Waals surface area contributed by atoms with Gasteiger partial charge >= 0.3 is 0 Å². The highest BCUT2D eigenvalue weighted by Crippen LogP contribution is 2.22. The van der Waals surface area contributed by atoms with Gasteiger partial charge in [-0.25, -0.2) is 4.39 Å². The SMILES string of the molecule is O=Cc1ccc(OCc2ccc(F)cc2)cc1O. The summed E-state index contributed by atoms with van der Waals surface area (Å²) >= 11 is 0. The molecule has 3 nitrogen and oxygen atoms in total. The molecule has 4 heteroatoms. The van der Waals surface area contributed by atoms with E-state index in [1.54, 1.807) is 18.2 Å². The van der Waals surface area contributed by atoms with Crippen molar-refractivity contribution in [3.8, 4) is 11.5 Å². The molecule has 0 fully saturated rings. The molecule has 0 spiro atoms. The molecule has 0 aliphatic heterocycles. The molecule has 1 N–H and O–H groups in total. The second-order valence-electron chi connectivity index (χ2n) is 3.75. The Morgan fingerprint density at radius 2 is 1.89 bits per heavy atom. The fourth-order valence-corrected chi connectivity index (χ4v) is 1.46. The summed E-state index contributed by atoms with van der Waals surface area (Å²) in [5.41, 5.74) is 1.03. The first-order chi connectivity index (χ1) is 8.69. The van der Waals surface area contributed by atoms with E-state index < -0.39 is 0 Å². The Morgan fingerprint density at radius 1 is 1.17 bits per heavy atom. The molecule has 0 saturated carbocycles. The number of carbonyl (C=O) groups excluding carboxylic acids is 1. The molecule has 0 bridgehead atoms. The third-order valence-corrected chi connectivity index (χ3v) is 2.45. The van der Waals surface area contributed by atoms with Crippen molar-refractivity contribution in [3.63, 3.8) is 0 Å². The molecule has 0 aliphatic rings. The van der Waals surface area contributed by atoms with E-state index in [-0.39, 0.29) is 23.7 Å². The van der Waals surface area contributed by atoms with Crippen molar-refractivity contribution in [3.05, 3.63) is 59.4 Å². The molecule has 0 amide bonds. The lowest BCUT2D eigenvalue weighted by molar-refractivity contribution is 0.112. The molecular weight excluding hydrogens is 235 g/mol. The van der Waals surface area contributed by atoms with E-state index in [9.17, 15) is 14.3 Å². The fourth-order valence-electron chi connectivity index (χ4n) is 1.46. The maximum absolute atomic E-state index is 12.7. The van der Waals surface area contributed by atoms with E-state index in [2.05, 4.69) is 0 Å². The van der Waals surface area contributed by atoms with Gasteiger partial charge in [0.2, 0.25) is 0 Å². The Kier molecular flexibility index (Phi) is 3.57. The largest absolute Gasteiger partial charge is 0.507 e. The van der Waals surface area contributed by atoms with Crippen molar-refractivity contribution in [1.29, 1.82) is 0 Å². The molecule has 0 saturated heterocycles. The highest BCUT2D eigenvalue weighted by atomic mass is 19.1. The number of benzene rings is 2. The van der Waals surface area contributed by atoms with E-state index in [4.69, 9.17) is 4.74 Å². The molecule has 18 heavy (non-hydrogen) atoms. The summed E-state index contributed by atoms with van der Waals surface area (Å²) in [6.07, 6.45) is 0.569. The van der Waals surface area contributed by atoms with Crippen LogP contribution in [0.2, 0.25) is 0 Å². The number of hydrogen-bond acceptors (Lipinski definition) is 3. The molecule has 0 atom stereocenters. The highest BCUT2D eigenvalue weighted by Gasteiger charge is 2.02. The van der Waals surface area contributed by atoms with E-state index in [1.165, 1.54) is 24.3 Å². The molecule has 2 rings (SSSR count). The van der Waals surface area contributed by atoms with Gasteiger partial charge < -0.3 is 9.84 Å². The van der Waals surface area contributed by atoms with Gasteiger partial charge in [0.15, 0.2) is 6.29 Å². The lowest BCUT2D eigenvalue weighted by atomic mass is 10.2. The maximum atomic E-state index is 12.7. The number of halogens is 1. The Morgan fingerprint density at radius 3 is 2.50 bits per heavy atom. The van der Waals surface area contributed by atoms with Crippen molar-refractivity contribution in [2.75, 3.05) is 0 Å². The average Bonchev–Trinajstić information content (AvgIpc) is 2.38. The smallest absolute Gasteiger partial charge is 0.153 e. The zero-order valence-electron chi connectivity index (χ0n) is 9.47. The summed E-state index contributed by atoms with van der Waals surface area (Å²) in [5, 5.41) is 9.46. The Bertz CT molecular complexity index is 549. The van der Waals surface area contributed by atoms with Gasteiger partial charge in [-0.15, -0.1) is 0 Å². The van der Waals surface area contributed by atoms with Crippen LogP contribution >= 0.6 is 0 Å². The minimum atomic E-state index is -0.299. The van der Waals surface area contributed by atoms with Gasteiger partial charge in [0.25, 0.3) is 0 Å². The highest BCUT2D eigenvalue weighted by molar-refractivity contribution is 5.79. The summed E-state index contributed by atoms with van der Waals surface area (Å²) < 4.78 is 18.1. The van der Waals surface area contributed by atoms with Crippen LogP contribution in [0.25, 0.3) is 0 Å². The van der Waals surface area contributed by atoms with Crippen LogP contribution in [0.4, 0.5) is 4.39 Å². The number of aldehydes is 1. The van der Waals surface area contributed by atoms with Crippen LogP contribution in [-0.4, -0.2) is 11.4 Å². The zero-order valence-corrected chi connectivity index (χ0v) is 9.47. The lowest BCUT2D eigenvalue weighted by Crippen LogP contribution is -1.95. The molecule has 0 unspecified atom stereocenters. The van der Waals surface area contributed by atoms with Crippen LogP contribution in [0.5, 0.6) is 11.5 Å². The Balaban J connectivity index is 2.04. The number of hydrogen-bond donors (Lipinski definition) is 1. The first-order valence-electron chi connectivity index (χ1n) is 5.34. The average molecular weight is 246 g/mol. The second kappa shape index (κ2) is 5.31. The first-order valence-corrected chi connectivity index (χ1v) is 5.34. The van der Waals surface area contributed by atoms with Crippen molar-refractivity contribution < 1.29 is 19.0 Å². The molecule has 0 aliphatic carbocycles. The molecule has 2 aromatic carbocycles. The summed E-state index contributed by atoms with van der Waals surface area (Å²) in [7, 11) is 0. The van der Waals surface area contributed by atoms with Crippen molar-refractivity contribution in [2.24, 2.45) is 0 Å². The topological polar surface area (TPSA) is 46.5 Å². The lowest BCUT2D eigenvalue weighted by Gasteiger charge is -2.07. The number of carbonyl (C=O) groups is 1. The summed E-state index contributed by atoms with van der Waals surface area (Å²) in [4.78, 5) is 10.5. The van der Waals surface area contributed by atoms with Gasteiger partial charge in [0.1, 0.15) is 23.9 Å². The Hall–Kier alpha value is -2.36. The van der Waals surface area contributed by atoms with Gasteiger partial charge in [0, 0.05) is 6.07 Å². The normalized spacial score (nSPS) is 10.1. The third kappa shape index (κ3) is 2.85. The predicted molar refractivity (Wildman–Crippen MR) is 64.2 cm³/mol. The zero-order chi connectivity index (χ0) is 13.0. The van der Waals surface area contributed by atoms with Crippen molar-refractivity contribution in [2.45, 2.75) is 6.61 Å². The molecule has 0 heterocycles. The number of phenols is 1.